The Labute approximate surface area is 67.8 Å². The van der Waals surface area contributed by atoms with Gasteiger partial charge in [0.25, 0.3) is 5.16 Å². The lowest BCUT2D eigenvalue weighted by molar-refractivity contribution is 0.474. The maximum Gasteiger partial charge on any atom is 0.330 e. The quantitative estimate of drug-likeness (QED) is 0.397. The van der Waals surface area contributed by atoms with E-state index in [1.54, 1.807) is 0 Å². The fraction of sp³-hybridized carbons (Fsp3) is 0. The number of aromatic nitrogens is 2. The van der Waals surface area contributed by atoms with Gasteiger partial charge in [-0.05, 0) is 6.07 Å². The van der Waals surface area contributed by atoms with Crippen molar-refractivity contribution in [1.29, 1.82) is 0 Å². The first kappa shape index (κ1) is 8.38. The summed E-state index contributed by atoms with van der Waals surface area (Å²) in [6.45, 7) is 0. The molecule has 11 heavy (non-hydrogen) atoms. The van der Waals surface area contributed by atoms with E-state index in [1.165, 1.54) is 6.07 Å². The zero-order valence-electron chi connectivity index (χ0n) is 5.10. The first-order valence-corrected chi connectivity index (χ1v) is 4.28. The van der Waals surface area contributed by atoms with E-state index in [1.807, 2.05) is 0 Å². The molecule has 5 nitrogen and oxygen atoms in total. The van der Waals surface area contributed by atoms with Crippen LogP contribution < -0.4 is 0 Å². The minimum atomic E-state index is -4.33. The lowest BCUT2D eigenvalue weighted by Gasteiger charge is -1.92. The average Bonchev–Trinajstić information content (AvgIpc) is 1.86. The van der Waals surface area contributed by atoms with Crippen molar-refractivity contribution >= 4 is 21.7 Å². The summed E-state index contributed by atoms with van der Waals surface area (Å²) in [5.74, 6) is 0. The van der Waals surface area contributed by atoms with Gasteiger partial charge in [0.1, 0.15) is 5.15 Å². The number of rotatable bonds is 1. The zero-order chi connectivity index (χ0) is 8.48. The summed E-state index contributed by atoms with van der Waals surface area (Å²) in [4.78, 5) is 6.54. The summed E-state index contributed by atoms with van der Waals surface area (Å²) in [6.07, 6.45) is 1.14. The highest BCUT2D eigenvalue weighted by molar-refractivity contribution is 7.85. The highest BCUT2D eigenvalue weighted by Gasteiger charge is 2.12. The van der Waals surface area contributed by atoms with E-state index in [0.717, 1.165) is 6.20 Å². The summed E-state index contributed by atoms with van der Waals surface area (Å²) in [6, 6.07) is 1.30. The summed E-state index contributed by atoms with van der Waals surface area (Å²) in [7, 11) is -4.33. The SMILES string of the molecule is O=S(=O)(O)c1nccc(Cl)n1. The third-order valence-electron chi connectivity index (χ3n) is 0.830. The molecule has 0 unspecified atom stereocenters. The molecule has 1 N–H and O–H groups in total. The first-order chi connectivity index (χ1) is 5.00. The Morgan fingerprint density at radius 3 is 2.55 bits per heavy atom. The van der Waals surface area contributed by atoms with Gasteiger partial charge in [-0.15, -0.1) is 0 Å². The molecular weight excluding hydrogens is 192 g/mol. The van der Waals surface area contributed by atoms with Gasteiger partial charge in [-0.2, -0.15) is 8.42 Å². The van der Waals surface area contributed by atoms with Crippen LogP contribution in [0.2, 0.25) is 5.15 Å². The second-order valence-corrected chi connectivity index (χ2v) is 3.34. The van der Waals surface area contributed by atoms with Crippen molar-refractivity contribution in [3.63, 3.8) is 0 Å². The van der Waals surface area contributed by atoms with Crippen molar-refractivity contribution in [3.05, 3.63) is 17.4 Å². The van der Waals surface area contributed by atoms with Gasteiger partial charge in [-0.1, -0.05) is 11.6 Å². The predicted octanol–water partition coefficient (Wildman–Crippen LogP) is 0.377. The predicted molar refractivity (Wildman–Crippen MR) is 36.9 cm³/mol. The molecule has 1 aromatic rings. The Bertz CT molecular complexity index is 363. The Morgan fingerprint density at radius 1 is 1.55 bits per heavy atom. The van der Waals surface area contributed by atoms with Gasteiger partial charge in [-0.3, -0.25) is 4.55 Å². The molecule has 0 spiro atoms. The van der Waals surface area contributed by atoms with Crippen LogP contribution in [-0.4, -0.2) is 22.9 Å². The van der Waals surface area contributed by atoms with Gasteiger partial charge in [0.05, 0.1) is 0 Å². The Kier molecular flexibility index (Phi) is 2.08. The van der Waals surface area contributed by atoms with Crippen molar-refractivity contribution in [2.75, 3.05) is 0 Å². The van der Waals surface area contributed by atoms with E-state index >= 15 is 0 Å². The third-order valence-corrected chi connectivity index (χ3v) is 1.70. The van der Waals surface area contributed by atoms with Crippen LogP contribution in [0, 0.1) is 0 Å². The molecular formula is C4H3ClN2O3S. The van der Waals surface area contributed by atoms with Crippen molar-refractivity contribution in [3.8, 4) is 0 Å². The lowest BCUT2D eigenvalue weighted by atomic mass is 10.7. The molecule has 0 saturated heterocycles. The molecule has 0 saturated carbocycles. The van der Waals surface area contributed by atoms with E-state index in [-0.39, 0.29) is 5.15 Å². The minimum absolute atomic E-state index is 0.0346. The van der Waals surface area contributed by atoms with Crippen LogP contribution in [0.25, 0.3) is 0 Å². The lowest BCUT2D eigenvalue weighted by Crippen LogP contribution is -2.03. The van der Waals surface area contributed by atoms with Crippen LogP contribution in [0.15, 0.2) is 17.4 Å². The normalized spacial score (nSPS) is 11.5. The van der Waals surface area contributed by atoms with E-state index in [9.17, 15) is 8.42 Å². The van der Waals surface area contributed by atoms with Crippen LogP contribution in [0.1, 0.15) is 0 Å². The molecule has 0 amide bonds. The molecule has 1 rings (SSSR count). The van der Waals surface area contributed by atoms with Gasteiger partial charge in [-0.25, -0.2) is 9.97 Å². The van der Waals surface area contributed by atoms with Gasteiger partial charge < -0.3 is 0 Å². The summed E-state index contributed by atoms with van der Waals surface area (Å²) in [5, 5.41) is -0.724. The molecule has 0 radical (unpaired) electrons. The molecule has 0 fully saturated rings. The van der Waals surface area contributed by atoms with Crippen molar-refractivity contribution in [2.24, 2.45) is 0 Å². The molecule has 7 heteroatoms. The van der Waals surface area contributed by atoms with Crippen LogP contribution in [0.4, 0.5) is 0 Å². The van der Waals surface area contributed by atoms with Crippen LogP contribution >= 0.6 is 11.6 Å². The topological polar surface area (TPSA) is 80.2 Å². The monoisotopic (exact) mass is 194 g/mol. The van der Waals surface area contributed by atoms with Crippen LogP contribution in [-0.2, 0) is 10.1 Å². The molecule has 0 aromatic carbocycles. The maximum absolute atomic E-state index is 10.4. The molecule has 1 aromatic heterocycles. The molecule has 0 aliphatic rings. The van der Waals surface area contributed by atoms with Gasteiger partial charge in [0.2, 0.25) is 0 Å². The Morgan fingerprint density at radius 2 is 2.18 bits per heavy atom. The molecule has 0 bridgehead atoms. The third kappa shape index (κ3) is 2.11. The minimum Gasteiger partial charge on any atom is -0.279 e. The number of nitrogens with zero attached hydrogens (tertiary/aromatic N) is 2. The highest BCUT2D eigenvalue weighted by atomic mass is 35.5. The largest absolute Gasteiger partial charge is 0.330 e. The number of hydrogen-bond acceptors (Lipinski definition) is 4. The standard InChI is InChI=1S/C4H3ClN2O3S/c5-3-1-2-6-4(7-3)11(8,9)10/h1-2H,(H,8,9,10). The number of halogens is 1. The molecule has 60 valence electrons. The fourth-order valence-corrected chi connectivity index (χ4v) is 1.04. The van der Waals surface area contributed by atoms with Crippen LogP contribution in [0.5, 0.6) is 0 Å². The smallest absolute Gasteiger partial charge is 0.279 e. The second-order valence-electron chi connectivity index (χ2n) is 1.64. The highest BCUT2D eigenvalue weighted by Crippen LogP contribution is 2.05. The van der Waals surface area contributed by atoms with E-state index in [4.69, 9.17) is 16.2 Å². The van der Waals surface area contributed by atoms with Crippen molar-refractivity contribution in [1.82, 2.24) is 9.97 Å². The average molecular weight is 195 g/mol. The van der Waals surface area contributed by atoms with Gasteiger partial charge in [0.15, 0.2) is 0 Å². The van der Waals surface area contributed by atoms with Gasteiger partial charge in [0, 0.05) is 6.20 Å². The van der Waals surface area contributed by atoms with E-state index in [0.29, 0.717) is 0 Å². The summed E-state index contributed by atoms with van der Waals surface area (Å²) < 4.78 is 29.1. The van der Waals surface area contributed by atoms with Crippen LogP contribution in [0.3, 0.4) is 0 Å². The second kappa shape index (κ2) is 2.72. The maximum atomic E-state index is 10.4. The summed E-state index contributed by atoms with van der Waals surface area (Å²) >= 11 is 5.32. The molecule has 0 aliphatic heterocycles. The summed E-state index contributed by atoms with van der Waals surface area (Å²) in [5.41, 5.74) is 0. The fourth-order valence-electron chi connectivity index (χ4n) is 0.444. The van der Waals surface area contributed by atoms with E-state index in [2.05, 4.69) is 9.97 Å². The number of hydrogen-bond donors (Lipinski definition) is 1. The first-order valence-electron chi connectivity index (χ1n) is 2.46. The van der Waals surface area contributed by atoms with Gasteiger partial charge >= 0.3 is 10.1 Å². The molecule has 0 aliphatic carbocycles. The van der Waals surface area contributed by atoms with Crippen molar-refractivity contribution in [2.45, 2.75) is 5.16 Å². The van der Waals surface area contributed by atoms with E-state index < -0.39 is 15.3 Å². The Balaban J connectivity index is 3.28. The zero-order valence-corrected chi connectivity index (χ0v) is 6.67. The Hall–Kier alpha value is -0.720. The van der Waals surface area contributed by atoms with Crippen molar-refractivity contribution < 1.29 is 13.0 Å². The molecule has 1 heterocycles. The molecule has 0 atom stereocenters.